The van der Waals surface area contributed by atoms with E-state index in [1.807, 2.05) is 64.7 Å². The third-order valence-electron chi connectivity index (χ3n) is 4.73. The number of aromatic nitrogens is 4. The van der Waals surface area contributed by atoms with Crippen LogP contribution in [0.15, 0.2) is 65.7 Å². The van der Waals surface area contributed by atoms with Gasteiger partial charge in [0.25, 0.3) is 5.91 Å². The van der Waals surface area contributed by atoms with E-state index in [4.69, 9.17) is 0 Å². The predicted octanol–water partition coefficient (Wildman–Crippen LogP) is 4.84. The minimum atomic E-state index is -0.115. The van der Waals surface area contributed by atoms with Crippen LogP contribution in [-0.2, 0) is 6.54 Å². The summed E-state index contributed by atoms with van der Waals surface area (Å²) in [6, 6.07) is 13.8. The minimum absolute atomic E-state index is 0.115. The van der Waals surface area contributed by atoms with E-state index in [9.17, 15) is 4.79 Å². The Morgan fingerprint density at radius 2 is 2.03 bits per heavy atom. The molecule has 0 saturated heterocycles. The van der Waals surface area contributed by atoms with Gasteiger partial charge in [0, 0.05) is 23.7 Å². The molecule has 6 nitrogen and oxygen atoms in total. The first-order valence-corrected chi connectivity index (χ1v) is 11.1. The van der Waals surface area contributed by atoms with Gasteiger partial charge < -0.3 is 5.32 Å². The summed E-state index contributed by atoms with van der Waals surface area (Å²) in [6.07, 6.45) is 3.55. The van der Waals surface area contributed by atoms with Gasteiger partial charge in [-0.1, -0.05) is 18.2 Å². The number of hydrogen-bond acceptors (Lipinski definition) is 6. The average molecular weight is 432 g/mol. The van der Waals surface area contributed by atoms with Gasteiger partial charge in [-0.05, 0) is 42.1 Å². The third kappa shape index (κ3) is 3.51. The molecule has 4 aromatic heterocycles. The smallest absolute Gasteiger partial charge is 0.263 e. The number of nitrogens with zero attached hydrogens (tertiary/aromatic N) is 4. The van der Waals surface area contributed by atoms with E-state index in [0.29, 0.717) is 11.4 Å². The highest BCUT2D eigenvalue weighted by molar-refractivity contribution is 7.17. The quantitative estimate of drug-likeness (QED) is 0.432. The topological polar surface area (TPSA) is 72.7 Å². The van der Waals surface area contributed by atoms with Crippen molar-refractivity contribution in [2.24, 2.45) is 0 Å². The summed E-state index contributed by atoms with van der Waals surface area (Å²) >= 11 is 3.04. The summed E-state index contributed by atoms with van der Waals surface area (Å²) in [5.41, 5.74) is 4.67. The number of carbonyl (C=O) groups excluding carboxylic acids is 1. The molecule has 5 rings (SSSR count). The Morgan fingerprint density at radius 3 is 2.83 bits per heavy atom. The second kappa shape index (κ2) is 7.81. The zero-order valence-electron chi connectivity index (χ0n) is 16.1. The number of rotatable bonds is 5. The number of pyridine rings is 1. The maximum atomic E-state index is 12.7. The Balaban J connectivity index is 1.28. The van der Waals surface area contributed by atoms with E-state index in [2.05, 4.69) is 20.3 Å². The molecular formula is C22H17N5OS2. The van der Waals surface area contributed by atoms with Crippen molar-refractivity contribution in [1.82, 2.24) is 24.8 Å². The molecule has 1 amide bonds. The summed E-state index contributed by atoms with van der Waals surface area (Å²) in [4.78, 5) is 26.8. The lowest BCUT2D eigenvalue weighted by Crippen LogP contribution is -2.22. The molecule has 0 spiro atoms. The van der Waals surface area contributed by atoms with E-state index in [0.717, 1.165) is 38.7 Å². The minimum Gasteiger partial charge on any atom is -0.347 e. The Hall–Kier alpha value is -3.36. The number of thiophene rings is 1. The average Bonchev–Trinajstić information content (AvgIpc) is 3.52. The van der Waals surface area contributed by atoms with Crippen molar-refractivity contribution in [2.45, 2.75) is 13.5 Å². The van der Waals surface area contributed by atoms with Crippen LogP contribution in [-0.4, -0.2) is 25.4 Å². The van der Waals surface area contributed by atoms with Crippen LogP contribution in [0.1, 0.15) is 20.9 Å². The van der Waals surface area contributed by atoms with Crippen LogP contribution < -0.4 is 5.32 Å². The van der Waals surface area contributed by atoms with Gasteiger partial charge in [0.1, 0.15) is 22.0 Å². The molecule has 0 saturated carbocycles. The number of benzene rings is 1. The molecule has 30 heavy (non-hydrogen) atoms. The molecule has 4 heterocycles. The molecule has 0 bridgehead atoms. The molecule has 0 radical (unpaired) electrons. The second-order valence-electron chi connectivity index (χ2n) is 6.76. The van der Waals surface area contributed by atoms with Gasteiger partial charge in [-0.3, -0.25) is 9.36 Å². The van der Waals surface area contributed by atoms with Gasteiger partial charge in [-0.25, -0.2) is 15.0 Å². The van der Waals surface area contributed by atoms with E-state index in [1.165, 1.54) is 11.3 Å². The molecule has 8 heteroatoms. The Labute approximate surface area is 180 Å². The van der Waals surface area contributed by atoms with E-state index in [1.54, 1.807) is 23.9 Å². The SMILES string of the molecule is Cc1nc(-c2ccsc2)sc1C(=O)NCc1ccc(-n2cnc3ccccc32)nc1. The Kier molecular flexibility index (Phi) is 4.86. The molecule has 0 aliphatic carbocycles. The summed E-state index contributed by atoms with van der Waals surface area (Å²) < 4.78 is 1.95. The lowest BCUT2D eigenvalue weighted by molar-refractivity contribution is 0.0954. The lowest BCUT2D eigenvalue weighted by atomic mass is 10.2. The van der Waals surface area contributed by atoms with Crippen LogP contribution in [0, 0.1) is 6.92 Å². The molecule has 1 aromatic carbocycles. The molecule has 0 aliphatic heterocycles. The molecule has 148 valence electrons. The fourth-order valence-corrected chi connectivity index (χ4v) is 4.88. The lowest BCUT2D eigenvalue weighted by Gasteiger charge is -2.07. The maximum absolute atomic E-state index is 12.7. The number of carbonyl (C=O) groups is 1. The van der Waals surface area contributed by atoms with Crippen LogP contribution in [0.5, 0.6) is 0 Å². The number of nitrogens with one attached hydrogen (secondary N) is 1. The molecule has 1 N–H and O–H groups in total. The summed E-state index contributed by atoms with van der Waals surface area (Å²) in [7, 11) is 0. The number of amides is 1. The predicted molar refractivity (Wildman–Crippen MR) is 120 cm³/mol. The van der Waals surface area contributed by atoms with E-state index < -0.39 is 0 Å². The van der Waals surface area contributed by atoms with Crippen LogP contribution in [0.4, 0.5) is 0 Å². The number of para-hydroxylation sites is 2. The van der Waals surface area contributed by atoms with Crippen LogP contribution in [0.2, 0.25) is 0 Å². The summed E-state index contributed by atoms with van der Waals surface area (Å²) in [6.45, 7) is 2.27. The zero-order valence-corrected chi connectivity index (χ0v) is 17.7. The molecule has 0 atom stereocenters. The van der Waals surface area contributed by atoms with Crippen molar-refractivity contribution in [3.05, 3.63) is 81.9 Å². The fourth-order valence-electron chi connectivity index (χ4n) is 3.18. The van der Waals surface area contributed by atoms with Crippen LogP contribution in [0.3, 0.4) is 0 Å². The summed E-state index contributed by atoms with van der Waals surface area (Å²) in [5, 5.41) is 7.89. The Bertz CT molecular complexity index is 1320. The number of aryl methyl sites for hydroxylation is 1. The van der Waals surface area contributed by atoms with Crippen molar-refractivity contribution in [3.8, 4) is 16.4 Å². The fraction of sp³-hybridized carbons (Fsp3) is 0.0909. The normalized spacial score (nSPS) is 11.1. The first-order chi connectivity index (χ1) is 14.7. The number of hydrogen-bond donors (Lipinski definition) is 1. The summed E-state index contributed by atoms with van der Waals surface area (Å²) in [5.74, 6) is 0.675. The molecule has 0 unspecified atom stereocenters. The Morgan fingerprint density at radius 1 is 1.13 bits per heavy atom. The van der Waals surface area contributed by atoms with Gasteiger partial charge >= 0.3 is 0 Å². The maximum Gasteiger partial charge on any atom is 0.263 e. The number of fused-ring (bicyclic) bond motifs is 1. The van der Waals surface area contributed by atoms with Crippen molar-refractivity contribution in [3.63, 3.8) is 0 Å². The van der Waals surface area contributed by atoms with Crippen molar-refractivity contribution in [2.75, 3.05) is 0 Å². The number of thiazole rings is 1. The zero-order chi connectivity index (χ0) is 20.5. The van der Waals surface area contributed by atoms with Gasteiger partial charge in [0.2, 0.25) is 0 Å². The standard InChI is InChI=1S/C22H17N5OS2/c1-14-20(30-22(26-14)16-8-9-29-12-16)21(28)24-11-15-6-7-19(23-10-15)27-13-25-17-4-2-3-5-18(17)27/h2-10,12-13H,11H2,1H3,(H,24,28). The van der Waals surface area contributed by atoms with Crippen molar-refractivity contribution in [1.29, 1.82) is 0 Å². The number of imidazole rings is 1. The van der Waals surface area contributed by atoms with Gasteiger partial charge in [-0.2, -0.15) is 11.3 Å². The van der Waals surface area contributed by atoms with Gasteiger partial charge in [0.15, 0.2) is 0 Å². The largest absolute Gasteiger partial charge is 0.347 e. The van der Waals surface area contributed by atoms with Crippen molar-refractivity contribution >= 4 is 39.6 Å². The van der Waals surface area contributed by atoms with Crippen molar-refractivity contribution < 1.29 is 4.79 Å². The molecule has 5 aromatic rings. The highest BCUT2D eigenvalue weighted by Gasteiger charge is 2.16. The van der Waals surface area contributed by atoms with Crippen LogP contribution >= 0.6 is 22.7 Å². The van der Waals surface area contributed by atoms with E-state index in [-0.39, 0.29) is 5.91 Å². The first-order valence-electron chi connectivity index (χ1n) is 9.34. The van der Waals surface area contributed by atoms with E-state index >= 15 is 0 Å². The highest BCUT2D eigenvalue weighted by Crippen LogP contribution is 2.29. The monoisotopic (exact) mass is 431 g/mol. The molecule has 0 fully saturated rings. The van der Waals surface area contributed by atoms with Gasteiger partial charge in [-0.15, -0.1) is 11.3 Å². The highest BCUT2D eigenvalue weighted by atomic mass is 32.1. The van der Waals surface area contributed by atoms with Crippen LogP contribution in [0.25, 0.3) is 27.4 Å². The van der Waals surface area contributed by atoms with Gasteiger partial charge in [0.05, 0.1) is 16.7 Å². The third-order valence-corrected chi connectivity index (χ3v) is 6.62. The first kappa shape index (κ1) is 18.7. The molecule has 0 aliphatic rings. The molecular weight excluding hydrogens is 414 g/mol. The second-order valence-corrected chi connectivity index (χ2v) is 8.54.